The minimum atomic E-state index is -0.373. The molecule has 2 aromatic carbocycles. The van der Waals surface area contributed by atoms with Crippen molar-refractivity contribution in [3.63, 3.8) is 0 Å². The molecule has 4 rings (SSSR count). The average molecular weight is 355 g/mol. The summed E-state index contributed by atoms with van der Waals surface area (Å²) < 4.78 is 7.47. The van der Waals surface area contributed by atoms with Gasteiger partial charge >= 0.3 is 5.97 Å². The Morgan fingerprint density at radius 1 is 1.08 bits per heavy atom. The number of benzene rings is 2. The second kappa shape index (κ2) is 5.85. The summed E-state index contributed by atoms with van der Waals surface area (Å²) in [5.74, 6) is 0.146. The van der Waals surface area contributed by atoms with Crippen molar-refractivity contribution in [2.24, 2.45) is 0 Å². The molecule has 0 aliphatic heterocycles. The molecule has 0 N–H and O–H groups in total. The second-order valence-corrected chi connectivity index (χ2v) is 7.34. The highest BCUT2D eigenvalue weighted by atomic mass is 32.1. The normalized spacial score (nSPS) is 11.1. The Labute approximate surface area is 146 Å². The van der Waals surface area contributed by atoms with Crippen LogP contribution in [0.3, 0.4) is 0 Å². The maximum atomic E-state index is 12.4. The molecule has 0 amide bonds. The van der Waals surface area contributed by atoms with Crippen molar-refractivity contribution in [1.82, 2.24) is 9.97 Å². The molecule has 0 radical (unpaired) electrons. The van der Waals surface area contributed by atoms with Crippen molar-refractivity contribution in [3.05, 3.63) is 47.5 Å². The lowest BCUT2D eigenvalue weighted by molar-refractivity contribution is 0.0735. The molecular formula is C17H13N3O2S2. The largest absolute Gasteiger partial charge is 0.423 e. The standard InChI is InChI=1S/C17H13N3O2S2/c1-20(2)17-19-13-6-4-11(8-15(13)24-17)22-16(21)10-3-5-12-14(7-10)23-9-18-12/h3-9H,1-2H3. The number of esters is 1. The quantitative estimate of drug-likeness (QED) is 0.407. The minimum absolute atomic E-state index is 0.373. The summed E-state index contributed by atoms with van der Waals surface area (Å²) in [4.78, 5) is 23.1. The van der Waals surface area contributed by atoms with Crippen LogP contribution >= 0.6 is 22.7 Å². The third-order valence-electron chi connectivity index (χ3n) is 3.51. The number of carbonyl (C=O) groups is 1. The van der Waals surface area contributed by atoms with Gasteiger partial charge in [0.2, 0.25) is 0 Å². The zero-order valence-corrected chi connectivity index (χ0v) is 14.6. The summed E-state index contributed by atoms with van der Waals surface area (Å²) in [6, 6.07) is 10.9. The van der Waals surface area contributed by atoms with E-state index in [1.165, 1.54) is 11.3 Å². The predicted octanol–water partition coefficient (Wildman–Crippen LogP) is 4.19. The van der Waals surface area contributed by atoms with E-state index in [0.717, 1.165) is 25.6 Å². The lowest BCUT2D eigenvalue weighted by atomic mass is 10.2. The third kappa shape index (κ3) is 2.72. The van der Waals surface area contributed by atoms with Crippen LogP contribution in [0, 0.1) is 0 Å². The van der Waals surface area contributed by atoms with Crippen LogP contribution in [0.25, 0.3) is 20.4 Å². The Hall–Kier alpha value is -2.51. The lowest BCUT2D eigenvalue weighted by Crippen LogP contribution is -2.08. The van der Waals surface area contributed by atoms with Crippen molar-refractivity contribution >= 4 is 54.2 Å². The maximum Gasteiger partial charge on any atom is 0.343 e. The van der Waals surface area contributed by atoms with Crippen molar-refractivity contribution in [2.75, 3.05) is 19.0 Å². The number of ether oxygens (including phenoxy) is 1. The van der Waals surface area contributed by atoms with Crippen LogP contribution in [0.1, 0.15) is 10.4 Å². The highest BCUT2D eigenvalue weighted by molar-refractivity contribution is 7.22. The Morgan fingerprint density at radius 3 is 2.75 bits per heavy atom. The molecule has 5 nitrogen and oxygen atoms in total. The number of hydrogen-bond donors (Lipinski definition) is 0. The molecule has 0 saturated heterocycles. The van der Waals surface area contributed by atoms with Gasteiger partial charge in [0.25, 0.3) is 0 Å². The number of aromatic nitrogens is 2. The van der Waals surface area contributed by atoms with Gasteiger partial charge in [-0.15, -0.1) is 11.3 Å². The fourth-order valence-electron chi connectivity index (χ4n) is 2.30. The van der Waals surface area contributed by atoms with Crippen LogP contribution in [0.15, 0.2) is 41.9 Å². The Bertz CT molecular complexity index is 1050. The van der Waals surface area contributed by atoms with Crippen LogP contribution in [-0.2, 0) is 0 Å². The van der Waals surface area contributed by atoms with Gasteiger partial charge in [-0.25, -0.2) is 14.8 Å². The van der Waals surface area contributed by atoms with Crippen molar-refractivity contribution in [3.8, 4) is 5.75 Å². The SMILES string of the molecule is CN(C)c1nc2ccc(OC(=O)c3ccc4ncsc4c3)cc2s1. The van der Waals surface area contributed by atoms with E-state index in [4.69, 9.17) is 4.74 Å². The van der Waals surface area contributed by atoms with E-state index in [2.05, 4.69) is 9.97 Å². The molecule has 0 atom stereocenters. The number of rotatable bonds is 3. The molecule has 2 aromatic heterocycles. The summed E-state index contributed by atoms with van der Waals surface area (Å²) in [6.45, 7) is 0. The van der Waals surface area contributed by atoms with Gasteiger partial charge in [0.1, 0.15) is 5.75 Å². The van der Waals surface area contributed by atoms with Crippen LogP contribution in [0.2, 0.25) is 0 Å². The van der Waals surface area contributed by atoms with E-state index in [-0.39, 0.29) is 5.97 Å². The first-order valence-electron chi connectivity index (χ1n) is 7.23. The number of anilines is 1. The fourth-order valence-corrected chi connectivity index (χ4v) is 3.93. The highest BCUT2D eigenvalue weighted by Crippen LogP contribution is 2.30. The molecule has 0 unspecified atom stereocenters. The zero-order valence-electron chi connectivity index (χ0n) is 13.0. The van der Waals surface area contributed by atoms with E-state index in [9.17, 15) is 4.79 Å². The van der Waals surface area contributed by atoms with Crippen molar-refractivity contribution in [2.45, 2.75) is 0 Å². The Balaban J connectivity index is 1.61. The molecule has 0 saturated carbocycles. The molecule has 7 heteroatoms. The van der Waals surface area contributed by atoms with Gasteiger partial charge in [-0.3, -0.25) is 0 Å². The first kappa shape index (κ1) is 15.0. The smallest absolute Gasteiger partial charge is 0.343 e. The summed E-state index contributed by atoms with van der Waals surface area (Å²) in [5, 5.41) is 0.920. The van der Waals surface area contributed by atoms with Gasteiger partial charge in [0, 0.05) is 20.2 Å². The van der Waals surface area contributed by atoms with Gasteiger partial charge in [0.05, 0.1) is 31.5 Å². The Morgan fingerprint density at radius 2 is 1.92 bits per heavy atom. The van der Waals surface area contributed by atoms with E-state index >= 15 is 0 Å². The molecule has 0 bridgehead atoms. The minimum Gasteiger partial charge on any atom is -0.423 e. The van der Waals surface area contributed by atoms with E-state index in [1.54, 1.807) is 29.0 Å². The fraction of sp³-hybridized carbons (Fsp3) is 0.118. The van der Waals surface area contributed by atoms with Crippen molar-refractivity contribution in [1.29, 1.82) is 0 Å². The predicted molar refractivity (Wildman–Crippen MR) is 98.5 cm³/mol. The number of hydrogen-bond acceptors (Lipinski definition) is 7. The summed E-state index contributed by atoms with van der Waals surface area (Å²) >= 11 is 3.06. The molecule has 4 aromatic rings. The van der Waals surface area contributed by atoms with Crippen LogP contribution in [-0.4, -0.2) is 30.0 Å². The lowest BCUT2D eigenvalue weighted by Gasteiger charge is -2.04. The monoisotopic (exact) mass is 355 g/mol. The van der Waals surface area contributed by atoms with Crippen LogP contribution in [0.4, 0.5) is 5.13 Å². The first-order chi connectivity index (χ1) is 11.6. The average Bonchev–Trinajstić information content (AvgIpc) is 3.20. The van der Waals surface area contributed by atoms with Gasteiger partial charge in [0.15, 0.2) is 5.13 Å². The van der Waals surface area contributed by atoms with E-state index < -0.39 is 0 Å². The first-order valence-corrected chi connectivity index (χ1v) is 8.93. The van der Waals surface area contributed by atoms with Gasteiger partial charge < -0.3 is 9.64 Å². The summed E-state index contributed by atoms with van der Waals surface area (Å²) in [7, 11) is 3.91. The van der Waals surface area contributed by atoms with Crippen LogP contribution < -0.4 is 9.64 Å². The number of carbonyl (C=O) groups excluding carboxylic acids is 1. The highest BCUT2D eigenvalue weighted by Gasteiger charge is 2.12. The number of thiazole rings is 2. The van der Waals surface area contributed by atoms with Crippen LogP contribution in [0.5, 0.6) is 5.75 Å². The zero-order chi connectivity index (χ0) is 16.7. The topological polar surface area (TPSA) is 55.3 Å². The second-order valence-electron chi connectivity index (χ2n) is 5.44. The third-order valence-corrected chi connectivity index (χ3v) is 5.49. The molecule has 0 fully saturated rings. The Kier molecular flexibility index (Phi) is 3.66. The maximum absolute atomic E-state index is 12.4. The molecule has 0 aliphatic carbocycles. The summed E-state index contributed by atoms with van der Waals surface area (Å²) in [5.41, 5.74) is 4.07. The van der Waals surface area contributed by atoms with E-state index in [0.29, 0.717) is 11.3 Å². The number of fused-ring (bicyclic) bond motifs is 2. The number of nitrogens with zero attached hydrogens (tertiary/aromatic N) is 3. The molecule has 24 heavy (non-hydrogen) atoms. The molecule has 120 valence electrons. The van der Waals surface area contributed by atoms with Gasteiger partial charge in [-0.1, -0.05) is 11.3 Å². The van der Waals surface area contributed by atoms with Gasteiger partial charge in [-0.2, -0.15) is 0 Å². The molecule has 2 heterocycles. The van der Waals surface area contributed by atoms with Crippen molar-refractivity contribution < 1.29 is 9.53 Å². The van der Waals surface area contributed by atoms with Gasteiger partial charge in [-0.05, 0) is 30.3 Å². The van der Waals surface area contributed by atoms with E-state index in [1.807, 2.05) is 43.3 Å². The molecular weight excluding hydrogens is 342 g/mol. The molecule has 0 spiro atoms. The molecule has 0 aliphatic rings. The summed E-state index contributed by atoms with van der Waals surface area (Å²) in [6.07, 6.45) is 0.